The Kier molecular flexibility index (Phi) is 1.98. The van der Waals surface area contributed by atoms with Gasteiger partial charge in [-0.05, 0) is 36.1 Å². The summed E-state index contributed by atoms with van der Waals surface area (Å²) < 4.78 is 13.1. The molecule has 1 fully saturated rings. The van der Waals surface area contributed by atoms with Gasteiger partial charge in [0, 0.05) is 7.05 Å². The molecule has 17 heavy (non-hydrogen) atoms. The summed E-state index contributed by atoms with van der Waals surface area (Å²) in [5, 5.41) is 5.81. The average molecular weight is 233 g/mol. The van der Waals surface area contributed by atoms with Crippen LogP contribution in [0.5, 0.6) is 0 Å². The van der Waals surface area contributed by atoms with E-state index in [1.807, 2.05) is 0 Å². The third-order valence-electron chi connectivity index (χ3n) is 3.47. The van der Waals surface area contributed by atoms with Gasteiger partial charge in [0.2, 0.25) is 0 Å². The number of benzene rings is 1. The molecule has 2 N–H and O–H groups in total. The first-order valence-corrected chi connectivity index (χ1v) is 5.51. The molecule has 1 atom stereocenters. The Morgan fingerprint density at radius 1 is 1.47 bits per heavy atom. The van der Waals surface area contributed by atoms with E-state index in [1.165, 1.54) is 12.1 Å². The van der Waals surface area contributed by atoms with Gasteiger partial charge in [-0.2, -0.15) is 0 Å². The number of guanidine groups is 1. The Labute approximate surface area is 97.9 Å². The van der Waals surface area contributed by atoms with Crippen molar-refractivity contribution in [1.29, 1.82) is 0 Å². The summed E-state index contributed by atoms with van der Waals surface area (Å²) in [4.78, 5) is 16.0. The van der Waals surface area contributed by atoms with Crippen LogP contribution in [0.3, 0.4) is 0 Å². The maximum absolute atomic E-state index is 13.1. The minimum absolute atomic E-state index is 0.108. The molecular formula is C12H12FN3O. The van der Waals surface area contributed by atoms with Crippen molar-refractivity contribution in [3.8, 4) is 0 Å². The zero-order chi connectivity index (χ0) is 12.0. The van der Waals surface area contributed by atoms with Gasteiger partial charge in [0.05, 0.1) is 0 Å². The smallest absolute Gasteiger partial charge is 0.257 e. The number of hydrogen-bond acceptors (Lipinski definition) is 2. The summed E-state index contributed by atoms with van der Waals surface area (Å²) in [6.45, 7) is 0. The van der Waals surface area contributed by atoms with Gasteiger partial charge in [0.1, 0.15) is 11.4 Å². The van der Waals surface area contributed by atoms with Crippen LogP contribution in [0, 0.1) is 5.82 Å². The number of fused-ring (bicyclic) bond motifs is 2. The third kappa shape index (κ3) is 1.28. The standard InChI is InChI=1S/C12H12FN3O/c1-14-11-15-10(17)12(16-11)5-4-7-6-8(13)2-3-9(7)12/h2-3,6H,4-5H2,1H3,(H2,14,15,16,17). The largest absolute Gasteiger partial charge is 0.338 e. The molecule has 0 bridgehead atoms. The van der Waals surface area contributed by atoms with Crippen LogP contribution in [0.15, 0.2) is 23.2 Å². The SMILES string of the molecule is CN=C1NC(=O)C2(CCc3cc(F)ccc32)N1. The van der Waals surface area contributed by atoms with Gasteiger partial charge >= 0.3 is 0 Å². The van der Waals surface area contributed by atoms with Crippen molar-refractivity contribution in [2.45, 2.75) is 18.4 Å². The highest BCUT2D eigenvalue weighted by molar-refractivity contribution is 6.09. The quantitative estimate of drug-likeness (QED) is 0.692. The van der Waals surface area contributed by atoms with Crippen molar-refractivity contribution < 1.29 is 9.18 Å². The van der Waals surface area contributed by atoms with Crippen LogP contribution in [-0.2, 0) is 16.8 Å². The summed E-state index contributed by atoms with van der Waals surface area (Å²) in [6, 6.07) is 4.57. The maximum Gasteiger partial charge on any atom is 0.257 e. The number of carbonyl (C=O) groups excluding carboxylic acids is 1. The number of nitrogens with one attached hydrogen (secondary N) is 2. The van der Waals surface area contributed by atoms with Crippen LogP contribution < -0.4 is 10.6 Å². The first kappa shape index (κ1) is 10.3. The fourth-order valence-electron chi connectivity index (χ4n) is 2.62. The number of amides is 1. The Morgan fingerprint density at radius 3 is 3.00 bits per heavy atom. The van der Waals surface area contributed by atoms with E-state index in [2.05, 4.69) is 15.6 Å². The zero-order valence-electron chi connectivity index (χ0n) is 9.38. The van der Waals surface area contributed by atoms with Crippen molar-refractivity contribution in [2.75, 3.05) is 7.05 Å². The van der Waals surface area contributed by atoms with Crippen LogP contribution in [0.2, 0.25) is 0 Å². The fourth-order valence-corrected chi connectivity index (χ4v) is 2.62. The monoisotopic (exact) mass is 233 g/mol. The van der Waals surface area contributed by atoms with Gasteiger partial charge in [0.15, 0.2) is 5.96 Å². The molecule has 1 unspecified atom stereocenters. The highest BCUT2D eigenvalue weighted by atomic mass is 19.1. The highest BCUT2D eigenvalue weighted by Crippen LogP contribution is 2.39. The predicted molar refractivity (Wildman–Crippen MR) is 61.0 cm³/mol. The molecule has 88 valence electrons. The van der Waals surface area contributed by atoms with E-state index in [0.717, 1.165) is 11.1 Å². The second-order valence-corrected chi connectivity index (χ2v) is 4.36. The normalized spacial score (nSPS) is 28.4. The average Bonchev–Trinajstić information content (AvgIpc) is 2.83. The van der Waals surface area contributed by atoms with Gasteiger partial charge in [-0.15, -0.1) is 0 Å². The Balaban J connectivity index is 2.11. The van der Waals surface area contributed by atoms with E-state index in [0.29, 0.717) is 18.8 Å². The van der Waals surface area contributed by atoms with E-state index in [9.17, 15) is 9.18 Å². The van der Waals surface area contributed by atoms with Gasteiger partial charge < -0.3 is 5.32 Å². The summed E-state index contributed by atoms with van der Waals surface area (Å²) >= 11 is 0. The maximum atomic E-state index is 13.1. The number of halogens is 1. The van der Waals surface area contributed by atoms with Crippen LogP contribution in [-0.4, -0.2) is 18.9 Å². The van der Waals surface area contributed by atoms with Gasteiger partial charge in [-0.1, -0.05) is 6.07 Å². The number of hydrogen-bond donors (Lipinski definition) is 2. The molecule has 1 amide bonds. The summed E-state index contributed by atoms with van der Waals surface area (Å²) in [6.07, 6.45) is 1.33. The first-order chi connectivity index (χ1) is 8.15. The van der Waals surface area contributed by atoms with Crippen LogP contribution >= 0.6 is 0 Å². The Bertz CT molecular complexity index is 541. The molecule has 4 nitrogen and oxygen atoms in total. The van der Waals surface area contributed by atoms with Gasteiger partial charge in [-0.3, -0.25) is 15.1 Å². The molecule has 1 aliphatic heterocycles. The molecule has 1 spiro atoms. The zero-order valence-corrected chi connectivity index (χ0v) is 9.38. The number of aliphatic imine (C=N–C) groups is 1. The first-order valence-electron chi connectivity index (χ1n) is 5.51. The lowest BCUT2D eigenvalue weighted by molar-refractivity contribution is -0.124. The Morgan fingerprint density at radius 2 is 2.29 bits per heavy atom. The summed E-state index contributed by atoms with van der Waals surface area (Å²) in [7, 11) is 1.61. The predicted octanol–water partition coefficient (Wildman–Crippen LogP) is 0.672. The molecule has 5 heteroatoms. The number of carbonyl (C=O) groups is 1. The summed E-state index contributed by atoms with van der Waals surface area (Å²) in [5.41, 5.74) is 0.998. The lowest BCUT2D eigenvalue weighted by Crippen LogP contribution is -2.41. The molecule has 3 rings (SSSR count). The molecule has 1 aromatic rings. The van der Waals surface area contributed by atoms with E-state index in [-0.39, 0.29) is 11.7 Å². The Hall–Kier alpha value is -1.91. The van der Waals surface area contributed by atoms with Crippen LogP contribution in [0.25, 0.3) is 0 Å². The number of nitrogens with zero attached hydrogens (tertiary/aromatic N) is 1. The number of aryl methyl sites for hydroxylation is 1. The molecule has 1 saturated heterocycles. The topological polar surface area (TPSA) is 53.5 Å². The van der Waals surface area contributed by atoms with E-state index in [1.54, 1.807) is 13.1 Å². The van der Waals surface area contributed by atoms with Crippen molar-refractivity contribution in [2.24, 2.45) is 4.99 Å². The molecule has 1 aromatic carbocycles. The van der Waals surface area contributed by atoms with Gasteiger partial charge in [-0.25, -0.2) is 4.39 Å². The van der Waals surface area contributed by atoms with Crippen molar-refractivity contribution in [3.05, 3.63) is 35.1 Å². The molecule has 1 heterocycles. The number of rotatable bonds is 0. The van der Waals surface area contributed by atoms with Crippen molar-refractivity contribution in [3.63, 3.8) is 0 Å². The van der Waals surface area contributed by atoms with E-state index < -0.39 is 5.54 Å². The second kappa shape index (κ2) is 3.29. The molecule has 1 aliphatic carbocycles. The minimum atomic E-state index is -0.752. The molecule has 0 radical (unpaired) electrons. The van der Waals surface area contributed by atoms with Crippen LogP contribution in [0.4, 0.5) is 4.39 Å². The lowest BCUT2D eigenvalue weighted by atomic mass is 9.92. The molecule has 2 aliphatic rings. The highest BCUT2D eigenvalue weighted by Gasteiger charge is 2.50. The molecule has 0 saturated carbocycles. The molecular weight excluding hydrogens is 221 g/mol. The lowest BCUT2D eigenvalue weighted by Gasteiger charge is -2.21. The third-order valence-corrected chi connectivity index (χ3v) is 3.47. The minimum Gasteiger partial charge on any atom is -0.338 e. The van der Waals surface area contributed by atoms with E-state index >= 15 is 0 Å². The molecule has 0 aromatic heterocycles. The fraction of sp³-hybridized carbons (Fsp3) is 0.333. The van der Waals surface area contributed by atoms with Gasteiger partial charge in [0.25, 0.3) is 5.91 Å². The second-order valence-electron chi connectivity index (χ2n) is 4.36. The van der Waals surface area contributed by atoms with Crippen molar-refractivity contribution in [1.82, 2.24) is 10.6 Å². The van der Waals surface area contributed by atoms with Crippen LogP contribution in [0.1, 0.15) is 17.5 Å². The summed E-state index contributed by atoms with van der Waals surface area (Å²) in [5.74, 6) is 0.110. The van der Waals surface area contributed by atoms with E-state index in [4.69, 9.17) is 0 Å². The van der Waals surface area contributed by atoms with Crippen molar-refractivity contribution >= 4 is 11.9 Å².